The summed E-state index contributed by atoms with van der Waals surface area (Å²) in [6.45, 7) is 2.13. The van der Waals surface area contributed by atoms with Crippen molar-refractivity contribution < 1.29 is 9.59 Å². The molecule has 1 saturated carbocycles. The van der Waals surface area contributed by atoms with Crippen LogP contribution in [0.1, 0.15) is 59.0 Å². The van der Waals surface area contributed by atoms with E-state index in [1.165, 1.54) is 0 Å². The number of rotatable bonds is 3. The third-order valence-corrected chi connectivity index (χ3v) is 6.63. The van der Waals surface area contributed by atoms with E-state index in [1.807, 2.05) is 4.90 Å². The third kappa shape index (κ3) is 3.40. The quantitative estimate of drug-likeness (QED) is 0.831. The summed E-state index contributed by atoms with van der Waals surface area (Å²) in [4.78, 5) is 53.4. The molecular weight excluding hydrogens is 382 g/mol. The maximum absolute atomic E-state index is 12.7. The molecule has 8 nitrogen and oxygen atoms in total. The maximum Gasteiger partial charge on any atom is 0.255 e. The van der Waals surface area contributed by atoms with Crippen LogP contribution in [0.5, 0.6) is 0 Å². The van der Waals surface area contributed by atoms with Gasteiger partial charge in [0.1, 0.15) is 5.82 Å². The number of likely N-dealkylation sites (tertiary alicyclic amines) is 1. The van der Waals surface area contributed by atoms with Crippen molar-refractivity contribution in [2.24, 2.45) is 5.92 Å². The number of aromatic nitrogens is 3. The van der Waals surface area contributed by atoms with Gasteiger partial charge in [0.25, 0.3) is 11.5 Å². The number of fused-ring (bicyclic) bond motifs is 1. The van der Waals surface area contributed by atoms with Crippen LogP contribution in [0.4, 0.5) is 0 Å². The molecule has 4 heterocycles. The van der Waals surface area contributed by atoms with E-state index < -0.39 is 0 Å². The number of pyridine rings is 1. The minimum absolute atomic E-state index is 0.0127. The second-order valence-electron chi connectivity index (χ2n) is 8.49. The summed E-state index contributed by atoms with van der Waals surface area (Å²) < 4.78 is 0. The summed E-state index contributed by atoms with van der Waals surface area (Å²) in [7, 11) is 0. The van der Waals surface area contributed by atoms with Gasteiger partial charge in [0.2, 0.25) is 5.91 Å². The predicted octanol–water partition coefficient (Wildman–Crippen LogP) is 1.48. The second kappa shape index (κ2) is 7.66. The highest BCUT2D eigenvalue weighted by molar-refractivity contribution is 5.94. The molecule has 0 unspecified atom stereocenters. The van der Waals surface area contributed by atoms with E-state index in [4.69, 9.17) is 4.98 Å². The van der Waals surface area contributed by atoms with Crippen molar-refractivity contribution in [3.8, 4) is 0 Å². The van der Waals surface area contributed by atoms with Crippen LogP contribution in [0.25, 0.3) is 0 Å². The SMILES string of the molecule is O=C(c1cccnc1)N1CC[C@@H](c2nc3c(c(=O)[nH]2)CCN(C(=O)C2CCC2)C3)C1. The lowest BCUT2D eigenvalue weighted by Gasteiger charge is -2.34. The first kappa shape index (κ1) is 19.0. The molecule has 2 aromatic rings. The molecule has 0 spiro atoms. The Morgan fingerprint density at radius 1 is 1.13 bits per heavy atom. The van der Waals surface area contributed by atoms with Crippen LogP contribution in [0.2, 0.25) is 0 Å². The Bertz CT molecular complexity index is 1030. The summed E-state index contributed by atoms with van der Waals surface area (Å²) in [5.74, 6) is 0.905. The van der Waals surface area contributed by atoms with Crippen molar-refractivity contribution in [1.82, 2.24) is 24.8 Å². The van der Waals surface area contributed by atoms with Gasteiger partial charge >= 0.3 is 0 Å². The summed E-state index contributed by atoms with van der Waals surface area (Å²) in [6, 6.07) is 3.51. The van der Waals surface area contributed by atoms with Gasteiger partial charge in [-0.3, -0.25) is 19.4 Å². The Hall–Kier alpha value is -3.03. The van der Waals surface area contributed by atoms with Crippen LogP contribution in [-0.4, -0.2) is 56.2 Å². The van der Waals surface area contributed by atoms with Crippen molar-refractivity contribution in [3.05, 3.63) is 57.5 Å². The number of amides is 2. The van der Waals surface area contributed by atoms with E-state index in [2.05, 4.69) is 9.97 Å². The average molecular weight is 407 g/mol. The molecule has 1 aliphatic carbocycles. The lowest BCUT2D eigenvalue weighted by molar-refractivity contribution is -0.139. The fourth-order valence-electron chi connectivity index (χ4n) is 4.59. The normalized spacial score (nSPS) is 21.3. The molecule has 1 N–H and O–H groups in total. The number of aromatic amines is 1. The van der Waals surface area contributed by atoms with Crippen LogP contribution in [0, 0.1) is 5.92 Å². The molecular formula is C22H25N5O3. The Labute approximate surface area is 174 Å². The van der Waals surface area contributed by atoms with E-state index in [1.54, 1.807) is 29.4 Å². The van der Waals surface area contributed by atoms with Crippen LogP contribution >= 0.6 is 0 Å². The summed E-state index contributed by atoms with van der Waals surface area (Å²) >= 11 is 0. The largest absolute Gasteiger partial charge is 0.338 e. The van der Waals surface area contributed by atoms with Gasteiger partial charge in [-0.2, -0.15) is 0 Å². The highest BCUT2D eigenvalue weighted by Crippen LogP contribution is 2.30. The highest BCUT2D eigenvalue weighted by Gasteiger charge is 2.34. The van der Waals surface area contributed by atoms with Gasteiger partial charge in [0.05, 0.1) is 17.8 Å². The monoisotopic (exact) mass is 407 g/mol. The topological polar surface area (TPSA) is 99.3 Å². The van der Waals surface area contributed by atoms with E-state index in [0.717, 1.165) is 25.7 Å². The molecule has 3 aliphatic rings. The summed E-state index contributed by atoms with van der Waals surface area (Å²) in [5.41, 5.74) is 1.86. The molecule has 2 amide bonds. The maximum atomic E-state index is 12.7. The smallest absolute Gasteiger partial charge is 0.255 e. The zero-order valence-electron chi connectivity index (χ0n) is 16.8. The zero-order valence-corrected chi connectivity index (χ0v) is 16.8. The fraction of sp³-hybridized carbons (Fsp3) is 0.500. The molecule has 156 valence electrons. The fourth-order valence-corrected chi connectivity index (χ4v) is 4.59. The zero-order chi connectivity index (χ0) is 20.7. The van der Waals surface area contributed by atoms with Crippen molar-refractivity contribution >= 4 is 11.8 Å². The Balaban J connectivity index is 1.33. The molecule has 2 fully saturated rings. The molecule has 30 heavy (non-hydrogen) atoms. The average Bonchev–Trinajstić information content (AvgIpc) is 3.22. The van der Waals surface area contributed by atoms with Gasteiger partial charge in [-0.05, 0) is 37.8 Å². The molecule has 0 radical (unpaired) electrons. The summed E-state index contributed by atoms with van der Waals surface area (Å²) in [5, 5.41) is 0. The Morgan fingerprint density at radius 2 is 2.00 bits per heavy atom. The number of H-pyrrole nitrogens is 1. The van der Waals surface area contributed by atoms with Crippen molar-refractivity contribution in [2.45, 2.75) is 44.6 Å². The minimum atomic E-state index is -0.109. The Morgan fingerprint density at radius 3 is 2.73 bits per heavy atom. The van der Waals surface area contributed by atoms with E-state index in [-0.39, 0.29) is 29.2 Å². The number of hydrogen-bond donors (Lipinski definition) is 1. The highest BCUT2D eigenvalue weighted by atomic mass is 16.2. The van der Waals surface area contributed by atoms with Crippen LogP contribution in [-0.2, 0) is 17.8 Å². The van der Waals surface area contributed by atoms with E-state index >= 15 is 0 Å². The molecule has 1 saturated heterocycles. The molecule has 1 atom stereocenters. The van der Waals surface area contributed by atoms with Crippen LogP contribution in [0.15, 0.2) is 29.3 Å². The first-order valence-corrected chi connectivity index (χ1v) is 10.7. The van der Waals surface area contributed by atoms with Gasteiger partial charge in [-0.25, -0.2) is 4.98 Å². The lowest BCUT2D eigenvalue weighted by Crippen LogP contribution is -2.43. The number of carbonyl (C=O) groups excluding carboxylic acids is 2. The summed E-state index contributed by atoms with van der Waals surface area (Å²) in [6.07, 6.45) is 7.58. The van der Waals surface area contributed by atoms with E-state index in [9.17, 15) is 14.4 Å². The van der Waals surface area contributed by atoms with Gasteiger partial charge < -0.3 is 14.8 Å². The first-order chi connectivity index (χ1) is 14.6. The first-order valence-electron chi connectivity index (χ1n) is 10.7. The molecule has 8 heteroatoms. The van der Waals surface area contributed by atoms with Crippen molar-refractivity contribution in [2.75, 3.05) is 19.6 Å². The minimum Gasteiger partial charge on any atom is -0.338 e. The van der Waals surface area contributed by atoms with Gasteiger partial charge in [-0.15, -0.1) is 0 Å². The van der Waals surface area contributed by atoms with E-state index in [0.29, 0.717) is 55.2 Å². The van der Waals surface area contributed by atoms with Crippen molar-refractivity contribution in [3.63, 3.8) is 0 Å². The third-order valence-electron chi connectivity index (χ3n) is 6.63. The second-order valence-corrected chi connectivity index (χ2v) is 8.49. The molecule has 0 bridgehead atoms. The van der Waals surface area contributed by atoms with Gasteiger partial charge in [-0.1, -0.05) is 6.42 Å². The van der Waals surface area contributed by atoms with Gasteiger partial charge in [0, 0.05) is 49.4 Å². The lowest BCUT2D eigenvalue weighted by atomic mass is 9.84. The van der Waals surface area contributed by atoms with Crippen molar-refractivity contribution in [1.29, 1.82) is 0 Å². The number of nitrogens with zero attached hydrogens (tertiary/aromatic N) is 4. The molecule has 5 rings (SSSR count). The Kier molecular flexibility index (Phi) is 4.84. The number of carbonyl (C=O) groups is 2. The standard InChI is InChI=1S/C22H25N5O3/c28-20-17-7-10-27(21(29)14-3-1-4-14)13-18(17)24-19(25-20)16-6-9-26(12-16)22(30)15-5-2-8-23-11-15/h2,5,8,11,14,16H,1,3-4,6-7,9-10,12-13H2,(H,24,25,28)/t16-/m1/s1. The predicted molar refractivity (Wildman–Crippen MR) is 109 cm³/mol. The van der Waals surface area contributed by atoms with Crippen LogP contribution < -0.4 is 5.56 Å². The van der Waals surface area contributed by atoms with Crippen LogP contribution in [0.3, 0.4) is 0 Å². The molecule has 2 aliphatic heterocycles. The number of nitrogens with one attached hydrogen (secondary N) is 1. The number of hydrogen-bond acceptors (Lipinski definition) is 5. The van der Waals surface area contributed by atoms with Gasteiger partial charge in [0.15, 0.2) is 0 Å². The molecule has 2 aromatic heterocycles. The molecule has 0 aromatic carbocycles.